The molecule has 1 aliphatic rings. The lowest BCUT2D eigenvalue weighted by molar-refractivity contribution is -0.128. The highest BCUT2D eigenvalue weighted by atomic mass is 35.5. The van der Waals surface area contributed by atoms with Crippen LogP contribution in [0.5, 0.6) is 0 Å². The van der Waals surface area contributed by atoms with Crippen molar-refractivity contribution in [2.45, 2.75) is 50.6 Å². The van der Waals surface area contributed by atoms with E-state index in [-0.39, 0.29) is 30.3 Å². The first-order valence-electron chi connectivity index (χ1n) is 9.54. The molecule has 0 aromatic heterocycles. The number of hydrogen-bond donors (Lipinski definition) is 3. The van der Waals surface area contributed by atoms with Crippen molar-refractivity contribution in [3.8, 4) is 0 Å². The summed E-state index contributed by atoms with van der Waals surface area (Å²) in [5.41, 5.74) is 7.79. The molecule has 1 saturated carbocycles. The molecule has 1 fully saturated rings. The number of amides is 2. The second-order valence-electron chi connectivity index (χ2n) is 7.36. The van der Waals surface area contributed by atoms with Gasteiger partial charge in [0, 0.05) is 11.3 Å². The van der Waals surface area contributed by atoms with Crippen molar-refractivity contribution in [2.24, 2.45) is 5.73 Å². The molecule has 1 atom stereocenters. The van der Waals surface area contributed by atoms with Crippen molar-refractivity contribution in [2.75, 3.05) is 5.32 Å². The standard InChI is InChI=1S/C22H27N3O2.ClH/c1-16(24-21(27)22(23)13-6-3-7-14-22)18-11-8-12-19(15-18)25-20(26)17-9-4-2-5-10-17;/h2,4-5,8-12,15-16H,3,6-7,13-14,23H2,1H3,(H,24,27)(H,25,26);1H. The molecule has 3 rings (SSSR count). The number of anilines is 1. The quantitative estimate of drug-likeness (QED) is 0.701. The molecule has 1 aliphatic carbocycles. The molecule has 0 heterocycles. The molecule has 28 heavy (non-hydrogen) atoms. The van der Waals surface area contributed by atoms with Crippen molar-refractivity contribution in [3.05, 3.63) is 65.7 Å². The van der Waals surface area contributed by atoms with E-state index < -0.39 is 5.54 Å². The van der Waals surface area contributed by atoms with E-state index in [1.54, 1.807) is 12.1 Å². The predicted molar refractivity (Wildman–Crippen MR) is 115 cm³/mol. The minimum absolute atomic E-state index is 0. The average Bonchev–Trinajstić information content (AvgIpc) is 2.69. The van der Waals surface area contributed by atoms with Gasteiger partial charge >= 0.3 is 0 Å². The number of nitrogens with one attached hydrogen (secondary N) is 2. The Morgan fingerprint density at radius 1 is 1.00 bits per heavy atom. The summed E-state index contributed by atoms with van der Waals surface area (Å²) in [7, 11) is 0. The highest BCUT2D eigenvalue weighted by Gasteiger charge is 2.35. The number of rotatable bonds is 5. The maximum Gasteiger partial charge on any atom is 0.255 e. The van der Waals surface area contributed by atoms with Crippen molar-refractivity contribution < 1.29 is 9.59 Å². The van der Waals surface area contributed by atoms with Crippen LogP contribution in [0.3, 0.4) is 0 Å². The Labute approximate surface area is 172 Å². The molecule has 0 saturated heterocycles. The first kappa shape index (κ1) is 21.9. The highest BCUT2D eigenvalue weighted by molar-refractivity contribution is 6.04. The van der Waals surface area contributed by atoms with Gasteiger partial charge in [0.05, 0.1) is 11.6 Å². The van der Waals surface area contributed by atoms with E-state index in [4.69, 9.17) is 5.73 Å². The summed E-state index contributed by atoms with van der Waals surface area (Å²) in [6.45, 7) is 1.93. The lowest BCUT2D eigenvalue weighted by Crippen LogP contribution is -2.55. The van der Waals surface area contributed by atoms with Gasteiger partial charge in [-0.05, 0) is 49.6 Å². The fraction of sp³-hybridized carbons (Fsp3) is 0.364. The summed E-state index contributed by atoms with van der Waals surface area (Å²) >= 11 is 0. The Balaban J connectivity index is 0.00000280. The number of nitrogens with two attached hydrogens (primary N) is 1. The normalized spacial score (nSPS) is 16.4. The van der Waals surface area contributed by atoms with Crippen molar-refractivity contribution in [1.82, 2.24) is 5.32 Å². The summed E-state index contributed by atoms with van der Waals surface area (Å²) in [6.07, 6.45) is 4.61. The molecule has 0 radical (unpaired) electrons. The van der Waals surface area contributed by atoms with E-state index in [0.717, 1.165) is 37.7 Å². The summed E-state index contributed by atoms with van der Waals surface area (Å²) in [5.74, 6) is -0.249. The van der Waals surface area contributed by atoms with E-state index >= 15 is 0 Å². The molecule has 4 N–H and O–H groups in total. The fourth-order valence-electron chi connectivity index (χ4n) is 3.51. The monoisotopic (exact) mass is 401 g/mol. The van der Waals surface area contributed by atoms with Gasteiger partial charge in [0.25, 0.3) is 5.91 Å². The highest BCUT2D eigenvalue weighted by Crippen LogP contribution is 2.27. The zero-order valence-electron chi connectivity index (χ0n) is 16.1. The molecule has 2 amide bonds. The summed E-state index contributed by atoms with van der Waals surface area (Å²) in [4.78, 5) is 25.0. The van der Waals surface area contributed by atoms with Gasteiger partial charge in [-0.2, -0.15) is 0 Å². The molecular weight excluding hydrogens is 374 g/mol. The molecule has 2 aromatic rings. The average molecular weight is 402 g/mol. The Morgan fingerprint density at radius 3 is 2.36 bits per heavy atom. The zero-order valence-corrected chi connectivity index (χ0v) is 16.9. The van der Waals surface area contributed by atoms with E-state index in [0.29, 0.717) is 11.3 Å². The van der Waals surface area contributed by atoms with Gasteiger partial charge < -0.3 is 16.4 Å². The third-order valence-corrected chi connectivity index (χ3v) is 5.23. The Bertz CT molecular complexity index is 804. The van der Waals surface area contributed by atoms with Gasteiger partial charge in [0.15, 0.2) is 0 Å². The first-order valence-corrected chi connectivity index (χ1v) is 9.54. The minimum atomic E-state index is -0.758. The van der Waals surface area contributed by atoms with Gasteiger partial charge in [-0.15, -0.1) is 12.4 Å². The van der Waals surface area contributed by atoms with E-state index in [2.05, 4.69) is 10.6 Å². The van der Waals surface area contributed by atoms with E-state index in [1.165, 1.54) is 0 Å². The van der Waals surface area contributed by atoms with Gasteiger partial charge in [-0.3, -0.25) is 9.59 Å². The summed E-state index contributed by atoms with van der Waals surface area (Å²) < 4.78 is 0. The van der Waals surface area contributed by atoms with Gasteiger partial charge in [0.2, 0.25) is 5.91 Å². The van der Waals surface area contributed by atoms with Gasteiger partial charge in [-0.1, -0.05) is 49.6 Å². The zero-order chi connectivity index (χ0) is 19.3. The molecule has 150 valence electrons. The van der Waals surface area contributed by atoms with Crippen molar-refractivity contribution in [1.29, 1.82) is 0 Å². The topological polar surface area (TPSA) is 84.2 Å². The van der Waals surface area contributed by atoms with Crippen LogP contribution in [0.25, 0.3) is 0 Å². The summed E-state index contributed by atoms with van der Waals surface area (Å²) in [5, 5.41) is 5.94. The van der Waals surface area contributed by atoms with Crippen LogP contribution in [0.15, 0.2) is 54.6 Å². The third-order valence-electron chi connectivity index (χ3n) is 5.23. The van der Waals surface area contributed by atoms with E-state index in [9.17, 15) is 9.59 Å². The molecule has 0 bridgehead atoms. The minimum Gasteiger partial charge on any atom is -0.348 e. The molecule has 2 aromatic carbocycles. The Hall–Kier alpha value is -2.37. The summed E-state index contributed by atoms with van der Waals surface area (Å²) in [6, 6.07) is 16.4. The second kappa shape index (κ2) is 9.71. The molecular formula is C22H28ClN3O2. The molecule has 0 spiro atoms. The van der Waals surface area contributed by atoms with E-state index in [1.807, 2.05) is 49.4 Å². The molecule has 0 aliphatic heterocycles. The third kappa shape index (κ3) is 5.33. The van der Waals surface area contributed by atoms with Crippen molar-refractivity contribution in [3.63, 3.8) is 0 Å². The van der Waals surface area contributed by atoms with Crippen LogP contribution >= 0.6 is 12.4 Å². The van der Waals surface area contributed by atoms with Crippen molar-refractivity contribution >= 4 is 29.9 Å². The van der Waals surface area contributed by atoms with Crippen LogP contribution < -0.4 is 16.4 Å². The SMILES string of the molecule is CC(NC(=O)C1(N)CCCCC1)c1cccc(NC(=O)c2ccccc2)c1.Cl. The van der Waals surface area contributed by atoms with Gasteiger partial charge in [-0.25, -0.2) is 0 Å². The maximum absolute atomic E-state index is 12.6. The molecule has 5 nitrogen and oxygen atoms in total. The Morgan fingerprint density at radius 2 is 1.68 bits per heavy atom. The first-order chi connectivity index (χ1) is 13.0. The largest absolute Gasteiger partial charge is 0.348 e. The van der Waals surface area contributed by atoms with Crippen LogP contribution in [0.2, 0.25) is 0 Å². The molecule has 1 unspecified atom stereocenters. The lowest BCUT2D eigenvalue weighted by atomic mass is 9.81. The number of carbonyl (C=O) groups excluding carboxylic acids is 2. The number of carbonyl (C=O) groups is 2. The van der Waals surface area contributed by atoms with Crippen LogP contribution in [0.4, 0.5) is 5.69 Å². The number of benzene rings is 2. The fourth-order valence-corrected chi connectivity index (χ4v) is 3.51. The van der Waals surface area contributed by atoms with Gasteiger partial charge in [0.1, 0.15) is 0 Å². The second-order valence-corrected chi connectivity index (χ2v) is 7.36. The van der Waals surface area contributed by atoms with Crippen LogP contribution in [-0.4, -0.2) is 17.4 Å². The number of halogens is 1. The van der Waals surface area contributed by atoms with Crippen LogP contribution in [-0.2, 0) is 4.79 Å². The Kier molecular flexibility index (Phi) is 7.61. The smallest absolute Gasteiger partial charge is 0.255 e. The molecule has 6 heteroatoms. The lowest BCUT2D eigenvalue weighted by Gasteiger charge is -2.33. The predicted octanol–water partition coefficient (Wildman–Crippen LogP) is 4.20. The van der Waals surface area contributed by atoms with Crippen LogP contribution in [0.1, 0.15) is 61.0 Å². The van der Waals surface area contributed by atoms with Crippen LogP contribution in [0, 0.1) is 0 Å². The number of hydrogen-bond acceptors (Lipinski definition) is 3. The maximum atomic E-state index is 12.6.